The van der Waals surface area contributed by atoms with Crippen LogP contribution in [0.3, 0.4) is 0 Å². The van der Waals surface area contributed by atoms with Crippen molar-refractivity contribution in [2.45, 2.75) is 38.8 Å². The zero-order chi connectivity index (χ0) is 32.1. The molecule has 1 aliphatic heterocycles. The van der Waals surface area contributed by atoms with Gasteiger partial charge in [-0.25, -0.2) is 9.18 Å². The van der Waals surface area contributed by atoms with E-state index in [9.17, 15) is 14.0 Å². The zero-order valence-electron chi connectivity index (χ0n) is 26.1. The van der Waals surface area contributed by atoms with Crippen molar-refractivity contribution in [1.29, 1.82) is 0 Å². The molecule has 238 valence electrons. The fourth-order valence-electron chi connectivity index (χ4n) is 5.12. The number of nitrogens with one attached hydrogen (secondary N) is 2. The third-order valence-corrected chi connectivity index (χ3v) is 8.06. The lowest BCUT2D eigenvalue weighted by molar-refractivity contribution is -0.131. The second-order valence-electron chi connectivity index (χ2n) is 11.9. The van der Waals surface area contributed by atoms with Crippen LogP contribution in [-0.4, -0.2) is 79.7 Å². The van der Waals surface area contributed by atoms with E-state index in [1.807, 2.05) is 23.6 Å². The van der Waals surface area contributed by atoms with Crippen LogP contribution < -0.4 is 15.4 Å². The molecule has 0 fully saturated rings. The van der Waals surface area contributed by atoms with Crippen molar-refractivity contribution >= 4 is 33.4 Å². The van der Waals surface area contributed by atoms with Gasteiger partial charge in [-0.1, -0.05) is 12.1 Å². The molecule has 1 aliphatic rings. The van der Waals surface area contributed by atoms with Gasteiger partial charge in [-0.3, -0.25) is 4.79 Å². The average Bonchev–Trinajstić information content (AvgIpc) is 3.49. The molecule has 0 bridgehead atoms. The number of rotatable bonds is 10. The molecule has 0 radical (unpaired) electrons. The summed E-state index contributed by atoms with van der Waals surface area (Å²) in [4.78, 5) is 26.1. The number of fused-ring (bicyclic) bond motifs is 2. The normalized spacial score (nSPS) is 14.6. The molecule has 4 aromatic rings. The van der Waals surface area contributed by atoms with E-state index >= 15 is 0 Å². The number of likely N-dealkylation sites (N-methyl/N-ethyl adjacent to an activating group) is 1. The Morgan fingerprint density at radius 3 is 2.64 bits per heavy atom. The van der Waals surface area contributed by atoms with Gasteiger partial charge in [-0.2, -0.15) is 0 Å². The smallest absolute Gasteiger partial charge is 0.407 e. The number of hydrogen-bond donors (Lipinski definition) is 2. The Labute approximate surface area is 265 Å². The molecule has 0 aliphatic carbocycles. The second-order valence-corrected chi connectivity index (χ2v) is 12.8. The first-order valence-corrected chi connectivity index (χ1v) is 15.7. The minimum Gasteiger partial charge on any atom is -0.490 e. The predicted molar refractivity (Wildman–Crippen MR) is 172 cm³/mol. The van der Waals surface area contributed by atoms with Gasteiger partial charge in [-0.05, 0) is 68.0 Å². The van der Waals surface area contributed by atoms with Gasteiger partial charge in [-0.15, -0.1) is 21.5 Å². The molecule has 45 heavy (non-hydrogen) atoms. The van der Waals surface area contributed by atoms with E-state index < -0.39 is 17.5 Å². The lowest BCUT2D eigenvalue weighted by Crippen LogP contribution is -2.40. The first kappa shape index (κ1) is 32.3. The Morgan fingerprint density at radius 1 is 1.07 bits per heavy atom. The lowest BCUT2D eigenvalue weighted by atomic mass is 9.91. The van der Waals surface area contributed by atoms with E-state index in [1.54, 1.807) is 45.8 Å². The Balaban J connectivity index is 1.30. The van der Waals surface area contributed by atoms with Gasteiger partial charge in [0.05, 0.1) is 17.9 Å². The Bertz CT molecular complexity index is 1690. The zero-order valence-corrected chi connectivity index (χ0v) is 26.9. The van der Waals surface area contributed by atoms with Gasteiger partial charge in [0, 0.05) is 49.8 Å². The number of thiophene rings is 1. The number of amides is 2. The van der Waals surface area contributed by atoms with Crippen LogP contribution in [0.2, 0.25) is 0 Å². The van der Waals surface area contributed by atoms with Crippen molar-refractivity contribution in [2.24, 2.45) is 0 Å². The highest BCUT2D eigenvalue weighted by Crippen LogP contribution is 2.40. The summed E-state index contributed by atoms with van der Waals surface area (Å²) in [5.74, 6) is -0.0786. The van der Waals surface area contributed by atoms with Crippen molar-refractivity contribution < 1.29 is 28.2 Å². The van der Waals surface area contributed by atoms with E-state index in [-0.39, 0.29) is 38.3 Å². The van der Waals surface area contributed by atoms with E-state index in [0.29, 0.717) is 23.6 Å². The first-order chi connectivity index (χ1) is 21.5. The SMILES string of the molecule is CN(C)C(=O)C1NCCc2cc(-c3nnc(-c4ccc(F)cc4OCCOCCNC(=O)OC(C)(C)C)c4sccc34)ccc21. The third-order valence-electron chi connectivity index (χ3n) is 7.14. The molecule has 1 unspecified atom stereocenters. The number of carbonyl (C=O) groups excluding carboxylic acids is 2. The standard InChI is InChI=1S/C33H38FN5O5S/c1-33(2,3)44-32(41)36-13-14-42-15-16-43-26-19-22(34)7-9-24(26)28-30-25(11-17-45-30)27(37-38-28)21-6-8-23-20(18-21)10-12-35-29(23)31(40)39(4)5/h6-9,11,17-19,29,35H,10,12-16H2,1-5H3,(H,36,41). The second kappa shape index (κ2) is 13.9. The summed E-state index contributed by atoms with van der Waals surface area (Å²) >= 11 is 1.53. The van der Waals surface area contributed by atoms with Gasteiger partial charge in [0.1, 0.15) is 41.2 Å². The number of aromatic nitrogens is 2. The highest BCUT2D eigenvalue weighted by atomic mass is 32.1. The predicted octanol–water partition coefficient (Wildman–Crippen LogP) is 5.36. The topological polar surface area (TPSA) is 115 Å². The number of benzene rings is 2. The number of carbonyl (C=O) groups is 2. The quantitative estimate of drug-likeness (QED) is 0.224. The van der Waals surface area contributed by atoms with Crippen molar-refractivity contribution in [3.63, 3.8) is 0 Å². The highest BCUT2D eigenvalue weighted by molar-refractivity contribution is 7.17. The molecule has 1 atom stereocenters. The van der Waals surface area contributed by atoms with Crippen molar-refractivity contribution in [3.8, 4) is 28.3 Å². The van der Waals surface area contributed by atoms with Crippen LogP contribution in [0.25, 0.3) is 32.6 Å². The number of halogens is 1. The molecule has 0 saturated heterocycles. The Morgan fingerprint density at radius 2 is 1.87 bits per heavy atom. The summed E-state index contributed by atoms with van der Waals surface area (Å²) < 4.78 is 31.9. The monoisotopic (exact) mass is 635 g/mol. The third kappa shape index (κ3) is 7.75. The fourth-order valence-corrected chi connectivity index (χ4v) is 6.02. The highest BCUT2D eigenvalue weighted by Gasteiger charge is 2.28. The van der Waals surface area contributed by atoms with Crippen molar-refractivity contribution in [2.75, 3.05) is 47.0 Å². The summed E-state index contributed by atoms with van der Waals surface area (Å²) in [6.45, 7) is 7.06. The molecule has 10 nitrogen and oxygen atoms in total. The number of ether oxygens (including phenoxy) is 3. The van der Waals surface area contributed by atoms with Gasteiger partial charge in [0.2, 0.25) is 5.91 Å². The number of hydrogen-bond acceptors (Lipinski definition) is 9. The van der Waals surface area contributed by atoms with Gasteiger partial charge < -0.3 is 29.7 Å². The van der Waals surface area contributed by atoms with Crippen molar-refractivity contribution in [1.82, 2.24) is 25.7 Å². The molecule has 0 saturated carbocycles. The fraction of sp³-hybridized carbons (Fsp3) is 0.394. The molecule has 12 heteroatoms. The van der Waals surface area contributed by atoms with E-state index in [2.05, 4.69) is 26.9 Å². The molecular weight excluding hydrogens is 597 g/mol. The van der Waals surface area contributed by atoms with Crippen LogP contribution in [0.5, 0.6) is 5.75 Å². The van der Waals surface area contributed by atoms with Crippen LogP contribution >= 0.6 is 11.3 Å². The molecule has 2 amide bonds. The van der Waals surface area contributed by atoms with Crippen LogP contribution in [0, 0.1) is 5.82 Å². The van der Waals surface area contributed by atoms with E-state index in [0.717, 1.165) is 38.9 Å². The minimum absolute atomic E-state index is 0.0205. The average molecular weight is 636 g/mol. The van der Waals surface area contributed by atoms with Crippen LogP contribution in [-0.2, 0) is 20.7 Å². The molecule has 3 heterocycles. The minimum atomic E-state index is -0.571. The van der Waals surface area contributed by atoms with Crippen LogP contribution in [0.4, 0.5) is 9.18 Å². The number of nitrogens with zero attached hydrogens (tertiary/aromatic N) is 3. The summed E-state index contributed by atoms with van der Waals surface area (Å²) in [6, 6.07) is 12.1. The molecule has 2 aromatic heterocycles. The molecule has 5 rings (SSSR count). The Kier molecular flexibility index (Phi) is 9.96. The summed E-state index contributed by atoms with van der Waals surface area (Å²) in [6.07, 6.45) is 0.298. The number of alkyl carbamates (subject to hydrolysis) is 1. The summed E-state index contributed by atoms with van der Waals surface area (Å²) in [5, 5.41) is 18.1. The maximum Gasteiger partial charge on any atom is 0.407 e. The van der Waals surface area contributed by atoms with Gasteiger partial charge >= 0.3 is 6.09 Å². The van der Waals surface area contributed by atoms with Crippen LogP contribution in [0.15, 0.2) is 47.8 Å². The van der Waals surface area contributed by atoms with Gasteiger partial charge in [0.25, 0.3) is 0 Å². The molecule has 2 aromatic carbocycles. The molecule has 2 N–H and O–H groups in total. The van der Waals surface area contributed by atoms with Gasteiger partial charge in [0.15, 0.2) is 0 Å². The van der Waals surface area contributed by atoms with Crippen molar-refractivity contribution in [3.05, 3.63) is 64.8 Å². The molecule has 0 spiro atoms. The maximum absolute atomic E-state index is 14.3. The summed E-state index contributed by atoms with van der Waals surface area (Å²) in [7, 11) is 3.52. The lowest BCUT2D eigenvalue weighted by Gasteiger charge is -2.28. The van der Waals surface area contributed by atoms with E-state index in [1.165, 1.54) is 23.5 Å². The molecular formula is C33H38FN5O5S. The maximum atomic E-state index is 14.3. The first-order valence-electron chi connectivity index (χ1n) is 14.8. The summed E-state index contributed by atoms with van der Waals surface area (Å²) in [5.41, 5.74) is 4.39. The van der Waals surface area contributed by atoms with E-state index in [4.69, 9.17) is 14.2 Å². The van der Waals surface area contributed by atoms with Crippen LogP contribution in [0.1, 0.15) is 37.9 Å². The largest absolute Gasteiger partial charge is 0.490 e. The Hall–Kier alpha value is -4.13.